The number of unbranched alkanes of at least 4 members (excludes halogenated alkanes) is 2. The minimum atomic E-state index is -0.197. The Labute approximate surface area is 74.6 Å². The Morgan fingerprint density at radius 1 is 1.33 bits per heavy atom. The van der Waals surface area contributed by atoms with E-state index in [1.54, 1.807) is 0 Å². The lowest BCUT2D eigenvalue weighted by Crippen LogP contribution is -1.98. The summed E-state index contributed by atoms with van der Waals surface area (Å²) in [5.74, 6) is -0.197. The normalized spacial score (nSPS) is 10.5. The highest BCUT2D eigenvalue weighted by Gasteiger charge is 1.88. The van der Waals surface area contributed by atoms with Crippen molar-refractivity contribution in [3.05, 3.63) is 12.2 Å². The van der Waals surface area contributed by atoms with Gasteiger partial charge in [-0.3, -0.25) is 4.79 Å². The molecule has 0 unspecified atom stereocenters. The Balaban J connectivity index is 3.08. The van der Waals surface area contributed by atoms with Gasteiger partial charge in [0.15, 0.2) is 0 Å². The smallest absolute Gasteiger partial charge is 0.302 e. The Morgan fingerprint density at radius 3 is 2.58 bits per heavy atom. The SMILES string of the molecule is CCCCC=CCCOC(C)=O. The zero-order valence-electron chi connectivity index (χ0n) is 8.01. The molecule has 0 rings (SSSR count). The quantitative estimate of drug-likeness (QED) is 0.348. The summed E-state index contributed by atoms with van der Waals surface area (Å²) in [5, 5.41) is 0. The Morgan fingerprint density at radius 2 is 2.00 bits per heavy atom. The molecule has 0 amide bonds. The summed E-state index contributed by atoms with van der Waals surface area (Å²) in [6, 6.07) is 0. The van der Waals surface area contributed by atoms with Gasteiger partial charge in [0, 0.05) is 6.92 Å². The average molecular weight is 170 g/mol. The van der Waals surface area contributed by atoms with E-state index in [9.17, 15) is 4.79 Å². The summed E-state index contributed by atoms with van der Waals surface area (Å²) >= 11 is 0. The lowest BCUT2D eigenvalue weighted by atomic mass is 10.2. The van der Waals surface area contributed by atoms with Crippen LogP contribution in [-0.4, -0.2) is 12.6 Å². The van der Waals surface area contributed by atoms with Crippen molar-refractivity contribution in [2.24, 2.45) is 0 Å². The summed E-state index contributed by atoms with van der Waals surface area (Å²) < 4.78 is 4.76. The fourth-order valence-corrected chi connectivity index (χ4v) is 0.828. The van der Waals surface area contributed by atoms with Crippen LogP contribution in [0.3, 0.4) is 0 Å². The highest BCUT2D eigenvalue weighted by Crippen LogP contribution is 1.96. The fourth-order valence-electron chi connectivity index (χ4n) is 0.828. The van der Waals surface area contributed by atoms with Gasteiger partial charge in [-0.2, -0.15) is 0 Å². The van der Waals surface area contributed by atoms with Crippen molar-refractivity contribution < 1.29 is 9.53 Å². The van der Waals surface area contributed by atoms with Gasteiger partial charge in [0.2, 0.25) is 0 Å². The standard InChI is InChI=1S/C10H18O2/c1-3-4-5-6-7-8-9-12-10(2)11/h6-7H,3-5,8-9H2,1-2H3. The van der Waals surface area contributed by atoms with Crippen molar-refractivity contribution in [3.63, 3.8) is 0 Å². The van der Waals surface area contributed by atoms with Crippen LogP contribution in [-0.2, 0) is 9.53 Å². The zero-order valence-corrected chi connectivity index (χ0v) is 8.01. The fraction of sp³-hybridized carbons (Fsp3) is 0.700. The van der Waals surface area contributed by atoms with Crippen molar-refractivity contribution >= 4 is 5.97 Å². The van der Waals surface area contributed by atoms with Gasteiger partial charge in [0.25, 0.3) is 0 Å². The van der Waals surface area contributed by atoms with Gasteiger partial charge in [-0.15, -0.1) is 0 Å². The molecule has 0 aliphatic heterocycles. The predicted octanol–water partition coefficient (Wildman–Crippen LogP) is 2.69. The molecule has 0 aliphatic carbocycles. The highest BCUT2D eigenvalue weighted by atomic mass is 16.5. The maximum absolute atomic E-state index is 10.3. The van der Waals surface area contributed by atoms with Crippen molar-refractivity contribution in [2.75, 3.05) is 6.61 Å². The minimum Gasteiger partial charge on any atom is -0.466 e. The van der Waals surface area contributed by atoms with Crippen LogP contribution in [0.4, 0.5) is 0 Å². The molecule has 0 saturated heterocycles. The van der Waals surface area contributed by atoms with Crippen LogP contribution in [0.25, 0.3) is 0 Å². The Kier molecular flexibility index (Phi) is 7.76. The van der Waals surface area contributed by atoms with Crippen LogP contribution in [0.1, 0.15) is 39.5 Å². The second-order valence-electron chi connectivity index (χ2n) is 2.74. The van der Waals surface area contributed by atoms with Gasteiger partial charge in [-0.05, 0) is 12.8 Å². The minimum absolute atomic E-state index is 0.197. The molecule has 0 aromatic carbocycles. The predicted molar refractivity (Wildman–Crippen MR) is 49.9 cm³/mol. The van der Waals surface area contributed by atoms with Crippen LogP contribution in [0.2, 0.25) is 0 Å². The molecule has 12 heavy (non-hydrogen) atoms. The van der Waals surface area contributed by atoms with Crippen molar-refractivity contribution in [1.29, 1.82) is 0 Å². The number of allylic oxidation sites excluding steroid dienone is 1. The van der Waals surface area contributed by atoms with E-state index in [1.165, 1.54) is 19.8 Å². The number of hydrogen-bond acceptors (Lipinski definition) is 2. The molecule has 0 aromatic heterocycles. The van der Waals surface area contributed by atoms with E-state index in [0.29, 0.717) is 6.61 Å². The second kappa shape index (κ2) is 8.31. The van der Waals surface area contributed by atoms with E-state index in [1.807, 2.05) is 0 Å². The Hall–Kier alpha value is -0.790. The van der Waals surface area contributed by atoms with E-state index in [4.69, 9.17) is 4.74 Å². The maximum Gasteiger partial charge on any atom is 0.302 e. The third-order valence-corrected chi connectivity index (χ3v) is 1.48. The van der Waals surface area contributed by atoms with Gasteiger partial charge in [-0.25, -0.2) is 0 Å². The molecule has 0 bridgehead atoms. The molecule has 0 aromatic rings. The van der Waals surface area contributed by atoms with E-state index in [-0.39, 0.29) is 5.97 Å². The first-order chi connectivity index (χ1) is 5.77. The third kappa shape index (κ3) is 9.21. The summed E-state index contributed by atoms with van der Waals surface area (Å²) in [7, 11) is 0. The van der Waals surface area contributed by atoms with Crippen molar-refractivity contribution in [2.45, 2.75) is 39.5 Å². The van der Waals surface area contributed by atoms with E-state index >= 15 is 0 Å². The molecule has 0 spiro atoms. The van der Waals surface area contributed by atoms with Gasteiger partial charge >= 0.3 is 5.97 Å². The van der Waals surface area contributed by atoms with Gasteiger partial charge in [0.05, 0.1) is 6.61 Å². The molecular formula is C10H18O2. The lowest BCUT2D eigenvalue weighted by Gasteiger charge is -1.96. The highest BCUT2D eigenvalue weighted by molar-refractivity contribution is 5.65. The van der Waals surface area contributed by atoms with Crippen molar-refractivity contribution in [3.8, 4) is 0 Å². The largest absolute Gasteiger partial charge is 0.466 e. The average Bonchev–Trinajstić information content (AvgIpc) is 2.02. The first-order valence-electron chi connectivity index (χ1n) is 4.55. The first-order valence-corrected chi connectivity index (χ1v) is 4.55. The summed E-state index contributed by atoms with van der Waals surface area (Å²) in [6.45, 7) is 4.12. The van der Waals surface area contributed by atoms with Crippen LogP contribution in [0.5, 0.6) is 0 Å². The molecule has 0 heterocycles. The number of ether oxygens (including phenoxy) is 1. The van der Waals surface area contributed by atoms with Crippen LogP contribution < -0.4 is 0 Å². The molecule has 2 heteroatoms. The molecule has 70 valence electrons. The summed E-state index contributed by atoms with van der Waals surface area (Å²) in [4.78, 5) is 10.3. The third-order valence-electron chi connectivity index (χ3n) is 1.48. The van der Waals surface area contributed by atoms with E-state index in [2.05, 4.69) is 19.1 Å². The number of esters is 1. The van der Waals surface area contributed by atoms with Crippen molar-refractivity contribution in [1.82, 2.24) is 0 Å². The first kappa shape index (κ1) is 11.2. The summed E-state index contributed by atoms with van der Waals surface area (Å²) in [6.07, 6.45) is 8.66. The molecule has 0 aliphatic rings. The van der Waals surface area contributed by atoms with Gasteiger partial charge in [0.1, 0.15) is 0 Å². The molecule has 0 fully saturated rings. The zero-order chi connectivity index (χ0) is 9.23. The van der Waals surface area contributed by atoms with Gasteiger partial charge in [-0.1, -0.05) is 31.9 Å². The number of carbonyl (C=O) groups is 1. The number of hydrogen-bond donors (Lipinski definition) is 0. The maximum atomic E-state index is 10.3. The van der Waals surface area contributed by atoms with Crippen LogP contribution in [0.15, 0.2) is 12.2 Å². The van der Waals surface area contributed by atoms with E-state index in [0.717, 1.165) is 12.8 Å². The van der Waals surface area contributed by atoms with Gasteiger partial charge < -0.3 is 4.74 Å². The second-order valence-corrected chi connectivity index (χ2v) is 2.74. The molecule has 2 nitrogen and oxygen atoms in total. The number of carbonyl (C=O) groups excluding carboxylic acids is 1. The van der Waals surface area contributed by atoms with Crippen LogP contribution in [0, 0.1) is 0 Å². The molecule has 0 radical (unpaired) electrons. The monoisotopic (exact) mass is 170 g/mol. The molecule has 0 atom stereocenters. The lowest BCUT2D eigenvalue weighted by molar-refractivity contribution is -0.140. The van der Waals surface area contributed by atoms with Crippen LogP contribution >= 0.6 is 0 Å². The number of rotatable bonds is 6. The molecular weight excluding hydrogens is 152 g/mol. The molecule has 0 N–H and O–H groups in total. The van der Waals surface area contributed by atoms with E-state index < -0.39 is 0 Å². The topological polar surface area (TPSA) is 26.3 Å². The Bertz CT molecular complexity index is 139. The summed E-state index contributed by atoms with van der Waals surface area (Å²) in [5.41, 5.74) is 0. The molecule has 0 saturated carbocycles.